The molecule has 0 spiro atoms. The van der Waals surface area contributed by atoms with Crippen molar-refractivity contribution in [3.63, 3.8) is 0 Å². The van der Waals surface area contributed by atoms with Crippen molar-refractivity contribution in [3.8, 4) is 11.5 Å². The van der Waals surface area contributed by atoms with Crippen LogP contribution in [0.4, 0.5) is 0 Å². The molecule has 2 fully saturated rings. The first kappa shape index (κ1) is 17.4. The predicted octanol–water partition coefficient (Wildman–Crippen LogP) is 2.34. The van der Waals surface area contributed by atoms with Crippen molar-refractivity contribution in [2.24, 2.45) is 5.92 Å². The number of hydrogen-bond donors (Lipinski definition) is 2. The Balaban J connectivity index is 1.94. The molecule has 4 rings (SSSR count). The van der Waals surface area contributed by atoms with Gasteiger partial charge in [-0.15, -0.1) is 0 Å². The van der Waals surface area contributed by atoms with Gasteiger partial charge in [0.2, 0.25) is 0 Å². The first-order chi connectivity index (χ1) is 11.9. The Labute approximate surface area is 153 Å². The van der Waals surface area contributed by atoms with Crippen LogP contribution in [0.15, 0.2) is 6.07 Å². The number of methoxy groups -OCH3 is 2. The van der Waals surface area contributed by atoms with E-state index >= 15 is 0 Å². The fourth-order valence-electron chi connectivity index (χ4n) is 5.67. The molecular formula is C19H26ClNO4. The molecule has 3 aliphatic rings. The Hall–Kier alpha value is -1.01. The summed E-state index contributed by atoms with van der Waals surface area (Å²) < 4.78 is 10.9. The third-order valence-electron chi connectivity index (χ3n) is 6.89. The summed E-state index contributed by atoms with van der Waals surface area (Å²) in [5, 5.41) is 22.3. The second-order valence-electron chi connectivity index (χ2n) is 7.81. The number of ether oxygens (including phenoxy) is 2. The molecule has 6 heteroatoms. The van der Waals surface area contributed by atoms with Gasteiger partial charge in [0.05, 0.1) is 19.3 Å². The number of aliphatic hydroxyl groups excluding tert-OH is 1. The summed E-state index contributed by atoms with van der Waals surface area (Å²) in [5.41, 5.74) is 1.64. The van der Waals surface area contributed by atoms with Crippen molar-refractivity contribution >= 4 is 11.6 Å². The molecule has 1 saturated heterocycles. The molecule has 0 aromatic heterocycles. The Morgan fingerprint density at radius 1 is 1.36 bits per heavy atom. The molecule has 2 N–H and O–H groups in total. The van der Waals surface area contributed by atoms with Crippen molar-refractivity contribution in [3.05, 3.63) is 22.2 Å². The maximum absolute atomic E-state index is 11.0. The molecule has 1 aromatic carbocycles. The van der Waals surface area contributed by atoms with Gasteiger partial charge in [-0.3, -0.25) is 0 Å². The van der Waals surface area contributed by atoms with Crippen LogP contribution < -0.4 is 4.74 Å². The molecular weight excluding hydrogens is 342 g/mol. The topological polar surface area (TPSA) is 62.2 Å². The van der Waals surface area contributed by atoms with Gasteiger partial charge >= 0.3 is 0 Å². The van der Waals surface area contributed by atoms with Gasteiger partial charge in [-0.25, -0.2) is 0 Å². The first-order valence-electron chi connectivity index (χ1n) is 8.93. The van der Waals surface area contributed by atoms with E-state index in [1.807, 2.05) is 0 Å². The van der Waals surface area contributed by atoms with Gasteiger partial charge in [-0.05, 0) is 50.8 Å². The second kappa shape index (κ2) is 6.02. The van der Waals surface area contributed by atoms with Gasteiger partial charge in [-0.2, -0.15) is 0 Å². The van der Waals surface area contributed by atoms with Gasteiger partial charge < -0.3 is 24.6 Å². The highest BCUT2D eigenvalue weighted by Crippen LogP contribution is 2.60. The zero-order chi connectivity index (χ0) is 17.9. The average Bonchev–Trinajstić information content (AvgIpc) is 2.59. The molecule has 1 aliphatic heterocycles. The number of phenols is 1. The van der Waals surface area contributed by atoms with E-state index in [9.17, 15) is 10.2 Å². The van der Waals surface area contributed by atoms with Crippen LogP contribution >= 0.6 is 11.6 Å². The maximum atomic E-state index is 11.0. The number of piperidine rings is 1. The summed E-state index contributed by atoms with van der Waals surface area (Å²) in [7, 11) is 5.37. The van der Waals surface area contributed by atoms with Crippen molar-refractivity contribution in [2.45, 2.75) is 49.3 Å². The number of benzene rings is 1. The van der Waals surface area contributed by atoms with E-state index in [-0.39, 0.29) is 17.3 Å². The number of rotatable bonds is 2. The SMILES string of the molecule is COc1cc(Cl)c2c(c1O)[C@]13CCN(C)[C@H](C2)[C@@H]1C[C@@H](OC)C(O)C3. The summed E-state index contributed by atoms with van der Waals surface area (Å²) in [5.74, 6) is 0.928. The fraction of sp³-hybridized carbons (Fsp3) is 0.684. The molecule has 2 bridgehead atoms. The van der Waals surface area contributed by atoms with Crippen molar-refractivity contribution in [2.75, 3.05) is 27.8 Å². The van der Waals surface area contributed by atoms with Gasteiger partial charge in [-0.1, -0.05) is 11.6 Å². The lowest BCUT2D eigenvalue weighted by Crippen LogP contribution is -2.63. The normalized spacial score (nSPS) is 37.3. The molecule has 2 aliphatic carbocycles. The lowest BCUT2D eigenvalue weighted by atomic mass is 9.51. The molecule has 0 amide bonds. The Morgan fingerprint density at radius 3 is 2.80 bits per heavy atom. The molecule has 1 heterocycles. The van der Waals surface area contributed by atoms with Gasteiger partial charge in [0.15, 0.2) is 11.5 Å². The van der Waals surface area contributed by atoms with E-state index in [2.05, 4.69) is 11.9 Å². The van der Waals surface area contributed by atoms with E-state index in [0.29, 0.717) is 29.2 Å². The smallest absolute Gasteiger partial charge is 0.162 e. The zero-order valence-electron chi connectivity index (χ0n) is 15.0. The molecule has 1 saturated carbocycles. The van der Waals surface area contributed by atoms with E-state index < -0.39 is 6.10 Å². The number of aliphatic hydroxyl groups is 1. The highest BCUT2D eigenvalue weighted by Gasteiger charge is 2.58. The summed E-state index contributed by atoms with van der Waals surface area (Å²) in [4.78, 5) is 2.40. The van der Waals surface area contributed by atoms with Crippen LogP contribution in [0.2, 0.25) is 5.02 Å². The minimum Gasteiger partial charge on any atom is -0.504 e. The number of likely N-dealkylation sites (tertiary alicyclic amines) is 1. The van der Waals surface area contributed by atoms with Crippen molar-refractivity contribution in [1.29, 1.82) is 0 Å². The van der Waals surface area contributed by atoms with Crippen LogP contribution in [-0.2, 0) is 16.6 Å². The molecule has 5 nitrogen and oxygen atoms in total. The highest BCUT2D eigenvalue weighted by atomic mass is 35.5. The van der Waals surface area contributed by atoms with E-state index in [1.54, 1.807) is 20.3 Å². The van der Waals surface area contributed by atoms with E-state index in [4.69, 9.17) is 21.1 Å². The van der Waals surface area contributed by atoms with Crippen LogP contribution in [-0.4, -0.2) is 61.2 Å². The number of phenolic OH excluding ortho intramolecular Hbond substituents is 1. The molecule has 0 radical (unpaired) electrons. The summed E-state index contributed by atoms with van der Waals surface area (Å²) in [6.07, 6.45) is 2.38. The van der Waals surface area contributed by atoms with Gasteiger partial charge in [0, 0.05) is 35.2 Å². The average molecular weight is 368 g/mol. The van der Waals surface area contributed by atoms with Crippen LogP contribution in [0, 0.1) is 5.92 Å². The number of nitrogens with zero attached hydrogens (tertiary/aromatic N) is 1. The summed E-state index contributed by atoms with van der Waals surface area (Å²) in [6.45, 7) is 0.944. The Kier molecular flexibility index (Phi) is 4.19. The minimum absolute atomic E-state index is 0.156. The standard InChI is InChI=1S/C19H26ClNO4/c1-21-5-4-19-9-14(22)15(24-2)7-11(19)13(21)6-10-12(20)8-16(25-3)18(23)17(10)19/h8,11,13-15,22-23H,4-7,9H2,1-3H3/t11-,13+,14?,15+,19-/m0/s1. The van der Waals surface area contributed by atoms with E-state index in [1.165, 1.54) is 0 Å². The maximum Gasteiger partial charge on any atom is 0.162 e. The highest BCUT2D eigenvalue weighted by molar-refractivity contribution is 6.31. The van der Waals surface area contributed by atoms with Crippen molar-refractivity contribution < 1.29 is 19.7 Å². The largest absolute Gasteiger partial charge is 0.504 e. The predicted molar refractivity (Wildman–Crippen MR) is 95.6 cm³/mol. The lowest BCUT2D eigenvalue weighted by Gasteiger charge is -2.60. The number of fused-ring (bicyclic) bond motifs is 1. The van der Waals surface area contributed by atoms with Crippen LogP contribution in [0.3, 0.4) is 0 Å². The zero-order valence-corrected chi connectivity index (χ0v) is 15.7. The molecule has 1 unspecified atom stereocenters. The van der Waals surface area contributed by atoms with Crippen molar-refractivity contribution in [1.82, 2.24) is 4.90 Å². The second-order valence-corrected chi connectivity index (χ2v) is 8.22. The van der Waals surface area contributed by atoms with Crippen LogP contribution in [0.1, 0.15) is 30.4 Å². The monoisotopic (exact) mass is 367 g/mol. The molecule has 138 valence electrons. The molecule has 5 atom stereocenters. The fourth-order valence-corrected chi connectivity index (χ4v) is 5.94. The number of halogens is 1. The molecule has 1 aromatic rings. The Bertz CT molecular complexity index is 696. The Morgan fingerprint density at radius 2 is 2.12 bits per heavy atom. The van der Waals surface area contributed by atoms with E-state index in [0.717, 1.165) is 36.9 Å². The minimum atomic E-state index is -0.541. The van der Waals surface area contributed by atoms with Crippen LogP contribution in [0.5, 0.6) is 11.5 Å². The third-order valence-corrected chi connectivity index (χ3v) is 7.23. The molecule has 25 heavy (non-hydrogen) atoms. The summed E-state index contributed by atoms with van der Waals surface area (Å²) >= 11 is 6.58. The number of likely N-dealkylation sites (N-methyl/N-ethyl adjacent to an activating group) is 1. The third kappa shape index (κ3) is 2.33. The van der Waals surface area contributed by atoms with Crippen LogP contribution in [0.25, 0.3) is 0 Å². The number of aromatic hydroxyl groups is 1. The van der Waals surface area contributed by atoms with Gasteiger partial charge in [0.1, 0.15) is 0 Å². The van der Waals surface area contributed by atoms with Gasteiger partial charge in [0.25, 0.3) is 0 Å². The summed E-state index contributed by atoms with van der Waals surface area (Å²) in [6, 6.07) is 2.05. The first-order valence-corrected chi connectivity index (χ1v) is 9.30. The number of hydrogen-bond acceptors (Lipinski definition) is 5. The lowest BCUT2D eigenvalue weighted by molar-refractivity contribution is -0.114. The quantitative estimate of drug-likeness (QED) is 0.840.